The molecule has 0 bridgehead atoms. The number of hydrogen-bond donors (Lipinski definition) is 2. The van der Waals surface area contributed by atoms with Crippen LogP contribution in [-0.2, 0) is 11.3 Å². The molecular formula is C15H15N3O4S. The first kappa shape index (κ1) is 15.4. The lowest BCUT2D eigenvalue weighted by Gasteiger charge is -2.14. The molecule has 3 rings (SSSR count). The van der Waals surface area contributed by atoms with Crippen LogP contribution in [0.2, 0.25) is 0 Å². The van der Waals surface area contributed by atoms with Crippen LogP contribution in [0.1, 0.15) is 18.2 Å². The molecule has 0 aliphatic heterocycles. The molecule has 0 saturated heterocycles. The maximum absolute atomic E-state index is 12.2. The fourth-order valence-electron chi connectivity index (χ4n) is 2.24. The number of rotatable bonds is 6. The molecule has 0 spiro atoms. The molecular weight excluding hydrogens is 318 g/mol. The third kappa shape index (κ3) is 3.33. The second-order valence-electron chi connectivity index (χ2n) is 4.95. The van der Waals surface area contributed by atoms with E-state index in [4.69, 9.17) is 4.42 Å². The van der Waals surface area contributed by atoms with Crippen molar-refractivity contribution in [3.8, 4) is 0 Å². The molecule has 0 aliphatic rings. The zero-order valence-corrected chi connectivity index (χ0v) is 13.0. The number of aliphatic hydroxyl groups is 1. The van der Waals surface area contributed by atoms with Gasteiger partial charge in [-0.15, -0.1) is 11.3 Å². The normalized spacial score (nSPS) is 12.4. The third-order valence-electron chi connectivity index (χ3n) is 3.43. The molecule has 0 aliphatic carbocycles. The van der Waals surface area contributed by atoms with Gasteiger partial charge in [-0.2, -0.15) is 0 Å². The first-order chi connectivity index (χ1) is 11.2. The van der Waals surface area contributed by atoms with Crippen LogP contribution in [-0.4, -0.2) is 27.2 Å². The highest BCUT2D eigenvalue weighted by Gasteiger charge is 2.16. The molecule has 0 saturated carbocycles. The number of nitrogens with zero attached hydrogens (tertiary/aromatic N) is 2. The minimum atomic E-state index is -0.591. The van der Waals surface area contributed by atoms with Gasteiger partial charge in [0.25, 0.3) is 5.56 Å². The highest BCUT2D eigenvalue weighted by Crippen LogP contribution is 2.14. The van der Waals surface area contributed by atoms with E-state index in [0.717, 1.165) is 0 Å². The summed E-state index contributed by atoms with van der Waals surface area (Å²) in [4.78, 5) is 29.1. The number of carbonyl (C=O) groups is 1. The van der Waals surface area contributed by atoms with Crippen LogP contribution in [0.25, 0.3) is 10.2 Å². The van der Waals surface area contributed by atoms with E-state index in [1.54, 1.807) is 18.2 Å². The van der Waals surface area contributed by atoms with E-state index in [1.165, 1.54) is 28.5 Å². The number of hydrogen-bond acceptors (Lipinski definition) is 6. The van der Waals surface area contributed by atoms with Crippen molar-refractivity contribution in [3.63, 3.8) is 0 Å². The van der Waals surface area contributed by atoms with Crippen LogP contribution in [0, 0.1) is 0 Å². The standard InChI is InChI=1S/C15H15N3O4S/c19-8-11(12-2-1-6-22-12)17-13(20)3-5-18-9-16-14-10(15(18)21)4-7-23-14/h1-2,4,6-7,9,11,19H,3,5,8H2,(H,17,20). The summed E-state index contributed by atoms with van der Waals surface area (Å²) < 4.78 is 6.58. The highest BCUT2D eigenvalue weighted by atomic mass is 32.1. The van der Waals surface area contributed by atoms with Crippen molar-refractivity contribution >= 4 is 27.5 Å². The number of nitrogens with one attached hydrogen (secondary N) is 1. The molecule has 120 valence electrons. The quantitative estimate of drug-likeness (QED) is 0.708. The van der Waals surface area contributed by atoms with Gasteiger partial charge in [0, 0.05) is 13.0 Å². The average Bonchev–Trinajstić information content (AvgIpc) is 3.23. The SMILES string of the molecule is O=C(CCn1cnc2sccc2c1=O)NC(CO)c1ccco1. The number of aryl methyl sites for hydroxylation is 1. The number of furan rings is 1. The van der Waals surface area contributed by atoms with Crippen LogP contribution < -0.4 is 10.9 Å². The smallest absolute Gasteiger partial charge is 0.262 e. The highest BCUT2D eigenvalue weighted by molar-refractivity contribution is 7.16. The molecule has 23 heavy (non-hydrogen) atoms. The Morgan fingerprint density at radius 2 is 2.35 bits per heavy atom. The predicted octanol–water partition coefficient (Wildman–Crippen LogP) is 1.29. The Hall–Kier alpha value is -2.45. The minimum absolute atomic E-state index is 0.106. The zero-order valence-electron chi connectivity index (χ0n) is 12.1. The van der Waals surface area contributed by atoms with Crippen LogP contribution >= 0.6 is 11.3 Å². The van der Waals surface area contributed by atoms with Gasteiger partial charge in [-0.1, -0.05) is 0 Å². The van der Waals surface area contributed by atoms with E-state index in [-0.39, 0.29) is 31.0 Å². The Balaban J connectivity index is 1.64. The Labute approximate surface area is 135 Å². The first-order valence-corrected chi connectivity index (χ1v) is 7.93. The van der Waals surface area contributed by atoms with E-state index in [9.17, 15) is 14.7 Å². The molecule has 7 nitrogen and oxygen atoms in total. The van der Waals surface area contributed by atoms with Gasteiger partial charge in [0.15, 0.2) is 0 Å². The lowest BCUT2D eigenvalue weighted by atomic mass is 10.2. The van der Waals surface area contributed by atoms with Crippen molar-refractivity contribution in [3.05, 3.63) is 52.3 Å². The number of thiophene rings is 1. The summed E-state index contributed by atoms with van der Waals surface area (Å²) in [5.74, 6) is 0.206. The number of amides is 1. The average molecular weight is 333 g/mol. The summed E-state index contributed by atoms with van der Waals surface area (Å²) >= 11 is 1.40. The van der Waals surface area contributed by atoms with E-state index in [1.807, 2.05) is 5.38 Å². The summed E-state index contributed by atoms with van der Waals surface area (Å²) in [6, 6.07) is 4.50. The van der Waals surface area contributed by atoms with Crippen molar-refractivity contribution in [2.45, 2.75) is 19.0 Å². The van der Waals surface area contributed by atoms with E-state index < -0.39 is 6.04 Å². The monoisotopic (exact) mass is 333 g/mol. The Morgan fingerprint density at radius 1 is 1.48 bits per heavy atom. The molecule has 1 atom stereocenters. The van der Waals surface area contributed by atoms with Gasteiger partial charge in [-0.25, -0.2) is 4.98 Å². The van der Waals surface area contributed by atoms with Gasteiger partial charge in [-0.05, 0) is 23.6 Å². The van der Waals surface area contributed by atoms with Gasteiger partial charge >= 0.3 is 0 Å². The van der Waals surface area contributed by atoms with Crippen molar-refractivity contribution in [1.82, 2.24) is 14.9 Å². The second kappa shape index (κ2) is 6.76. The van der Waals surface area contributed by atoms with Gasteiger partial charge in [0.05, 0.1) is 24.6 Å². The molecule has 0 aromatic carbocycles. The van der Waals surface area contributed by atoms with Crippen LogP contribution in [0.3, 0.4) is 0 Å². The second-order valence-corrected chi connectivity index (χ2v) is 5.85. The fourth-order valence-corrected chi connectivity index (χ4v) is 2.96. The Kier molecular flexibility index (Phi) is 4.54. The van der Waals surface area contributed by atoms with Crippen molar-refractivity contribution < 1.29 is 14.3 Å². The van der Waals surface area contributed by atoms with Crippen molar-refractivity contribution in [2.24, 2.45) is 0 Å². The fraction of sp³-hybridized carbons (Fsp3) is 0.267. The summed E-state index contributed by atoms with van der Waals surface area (Å²) in [6.45, 7) is -0.0403. The molecule has 3 aromatic rings. The molecule has 1 amide bonds. The van der Waals surface area contributed by atoms with Crippen molar-refractivity contribution in [1.29, 1.82) is 0 Å². The maximum Gasteiger partial charge on any atom is 0.262 e. The lowest BCUT2D eigenvalue weighted by molar-refractivity contribution is -0.122. The molecule has 8 heteroatoms. The Bertz CT molecular complexity index is 853. The summed E-state index contributed by atoms with van der Waals surface area (Å²) in [6.07, 6.45) is 3.03. The maximum atomic E-state index is 12.2. The molecule has 2 N–H and O–H groups in total. The van der Waals surface area contributed by atoms with Crippen molar-refractivity contribution in [2.75, 3.05) is 6.61 Å². The molecule has 3 heterocycles. The summed E-state index contributed by atoms with van der Waals surface area (Å²) in [7, 11) is 0. The molecule has 3 aromatic heterocycles. The molecule has 0 radical (unpaired) electrons. The van der Waals surface area contributed by atoms with Crippen LogP contribution in [0.5, 0.6) is 0 Å². The van der Waals surface area contributed by atoms with E-state index in [2.05, 4.69) is 10.3 Å². The zero-order chi connectivity index (χ0) is 16.2. The number of aliphatic hydroxyl groups excluding tert-OH is 1. The molecule has 0 fully saturated rings. The Morgan fingerprint density at radius 3 is 3.09 bits per heavy atom. The minimum Gasteiger partial charge on any atom is -0.467 e. The number of aromatic nitrogens is 2. The van der Waals surface area contributed by atoms with Crippen LogP contribution in [0.15, 0.2) is 45.4 Å². The van der Waals surface area contributed by atoms with Gasteiger partial charge < -0.3 is 14.8 Å². The first-order valence-electron chi connectivity index (χ1n) is 7.05. The van der Waals surface area contributed by atoms with E-state index in [0.29, 0.717) is 16.0 Å². The van der Waals surface area contributed by atoms with Gasteiger partial charge in [0.2, 0.25) is 5.91 Å². The number of fused-ring (bicyclic) bond motifs is 1. The third-order valence-corrected chi connectivity index (χ3v) is 4.26. The van der Waals surface area contributed by atoms with Gasteiger partial charge in [-0.3, -0.25) is 14.2 Å². The summed E-state index contributed by atoms with van der Waals surface area (Å²) in [5.41, 5.74) is -0.159. The largest absolute Gasteiger partial charge is 0.467 e. The van der Waals surface area contributed by atoms with Crippen LogP contribution in [0.4, 0.5) is 0 Å². The summed E-state index contributed by atoms with van der Waals surface area (Å²) in [5, 5.41) is 14.4. The van der Waals surface area contributed by atoms with E-state index >= 15 is 0 Å². The van der Waals surface area contributed by atoms with Gasteiger partial charge in [0.1, 0.15) is 16.6 Å². The predicted molar refractivity (Wildman–Crippen MR) is 85.2 cm³/mol. The molecule has 1 unspecified atom stereocenters. The number of carbonyl (C=O) groups excluding carboxylic acids is 1. The lowest BCUT2D eigenvalue weighted by Crippen LogP contribution is -2.32. The topological polar surface area (TPSA) is 97.4 Å².